The van der Waals surface area contributed by atoms with E-state index in [1.807, 2.05) is 18.2 Å². The fourth-order valence-electron chi connectivity index (χ4n) is 3.64. The molecule has 0 radical (unpaired) electrons. The van der Waals surface area contributed by atoms with Crippen molar-refractivity contribution < 1.29 is 9.59 Å². The summed E-state index contributed by atoms with van der Waals surface area (Å²) in [5.74, 6) is 0.327. The molecule has 0 spiro atoms. The molecular weight excluding hydrogens is 350 g/mol. The molecule has 4 aromatic rings. The number of H-pyrrole nitrogens is 1. The molecule has 136 valence electrons. The maximum absolute atomic E-state index is 12.5. The third-order valence-corrected chi connectivity index (χ3v) is 5.13. The molecule has 0 unspecified atom stereocenters. The summed E-state index contributed by atoms with van der Waals surface area (Å²) < 4.78 is 0. The molecule has 1 aromatic heterocycles. The number of nitrogens with one attached hydrogen (secondary N) is 1. The lowest BCUT2D eigenvalue weighted by atomic mass is 10.1. The Labute approximate surface area is 161 Å². The SMILES string of the molecule is O=C1c2ccccc2C(=O)N1CCc1cnc(-c2ccc3ccccc3c2)[nH]1. The van der Waals surface area contributed by atoms with Crippen LogP contribution in [-0.2, 0) is 6.42 Å². The summed E-state index contributed by atoms with van der Waals surface area (Å²) in [5.41, 5.74) is 2.85. The molecule has 2 heterocycles. The predicted molar refractivity (Wildman–Crippen MR) is 107 cm³/mol. The van der Waals surface area contributed by atoms with Gasteiger partial charge in [0.15, 0.2) is 0 Å². The zero-order chi connectivity index (χ0) is 19.1. The van der Waals surface area contributed by atoms with E-state index in [0.717, 1.165) is 22.5 Å². The number of carbonyl (C=O) groups is 2. The van der Waals surface area contributed by atoms with Crippen molar-refractivity contribution in [2.75, 3.05) is 6.54 Å². The third kappa shape index (κ3) is 2.68. The first-order valence-electron chi connectivity index (χ1n) is 9.19. The van der Waals surface area contributed by atoms with E-state index < -0.39 is 0 Å². The van der Waals surface area contributed by atoms with Crippen LogP contribution in [0.1, 0.15) is 26.4 Å². The van der Waals surface area contributed by atoms with Crippen LogP contribution in [0.5, 0.6) is 0 Å². The van der Waals surface area contributed by atoms with E-state index in [-0.39, 0.29) is 11.8 Å². The summed E-state index contributed by atoms with van der Waals surface area (Å²) >= 11 is 0. The third-order valence-electron chi connectivity index (χ3n) is 5.13. The largest absolute Gasteiger partial charge is 0.342 e. The average molecular weight is 367 g/mol. The van der Waals surface area contributed by atoms with E-state index in [9.17, 15) is 9.59 Å². The van der Waals surface area contributed by atoms with Crippen molar-refractivity contribution in [2.45, 2.75) is 6.42 Å². The Bertz CT molecular complexity index is 1190. The van der Waals surface area contributed by atoms with E-state index in [1.165, 1.54) is 10.3 Å². The normalized spacial score (nSPS) is 13.4. The van der Waals surface area contributed by atoms with Gasteiger partial charge in [-0.25, -0.2) is 4.98 Å². The second-order valence-electron chi connectivity index (χ2n) is 6.88. The number of fused-ring (bicyclic) bond motifs is 2. The molecule has 2 amide bonds. The van der Waals surface area contributed by atoms with Gasteiger partial charge in [-0.05, 0) is 29.0 Å². The van der Waals surface area contributed by atoms with E-state index in [4.69, 9.17) is 0 Å². The van der Waals surface area contributed by atoms with Crippen molar-refractivity contribution in [1.29, 1.82) is 0 Å². The number of imide groups is 1. The lowest BCUT2D eigenvalue weighted by molar-refractivity contribution is 0.0656. The first-order chi connectivity index (χ1) is 13.7. The maximum atomic E-state index is 12.5. The second kappa shape index (κ2) is 6.46. The van der Waals surface area contributed by atoms with Gasteiger partial charge in [-0.15, -0.1) is 0 Å². The second-order valence-corrected chi connectivity index (χ2v) is 6.88. The monoisotopic (exact) mass is 367 g/mol. The molecule has 0 bridgehead atoms. The molecule has 5 rings (SSSR count). The standard InChI is InChI=1S/C23H17N3O2/c27-22-19-7-3-4-8-20(19)23(28)26(22)12-11-18-14-24-21(25-18)17-10-9-15-5-1-2-6-16(15)13-17/h1-10,13-14H,11-12H2,(H,24,25). The van der Waals surface area contributed by atoms with E-state index in [2.05, 4.69) is 34.2 Å². The Balaban J connectivity index is 1.33. The van der Waals surface area contributed by atoms with Gasteiger partial charge in [-0.2, -0.15) is 0 Å². The topological polar surface area (TPSA) is 66.1 Å². The van der Waals surface area contributed by atoms with Crippen LogP contribution in [0.2, 0.25) is 0 Å². The van der Waals surface area contributed by atoms with Gasteiger partial charge in [-0.3, -0.25) is 14.5 Å². The van der Waals surface area contributed by atoms with Crippen LogP contribution < -0.4 is 0 Å². The molecule has 0 aliphatic carbocycles. The van der Waals surface area contributed by atoms with Gasteiger partial charge >= 0.3 is 0 Å². The quantitative estimate of drug-likeness (QED) is 0.553. The minimum absolute atomic E-state index is 0.227. The van der Waals surface area contributed by atoms with Gasteiger partial charge in [0.05, 0.1) is 11.1 Å². The molecule has 0 atom stereocenters. The number of rotatable bonds is 4. The predicted octanol–water partition coefficient (Wildman–Crippen LogP) is 4.07. The van der Waals surface area contributed by atoms with Crippen molar-refractivity contribution in [2.24, 2.45) is 0 Å². The first-order valence-corrected chi connectivity index (χ1v) is 9.19. The van der Waals surface area contributed by atoms with Gasteiger partial charge in [0, 0.05) is 30.4 Å². The summed E-state index contributed by atoms with van der Waals surface area (Å²) in [6.45, 7) is 0.325. The smallest absolute Gasteiger partial charge is 0.261 e. The Hall–Kier alpha value is -3.73. The molecule has 0 saturated carbocycles. The Morgan fingerprint density at radius 1 is 0.821 bits per heavy atom. The highest BCUT2D eigenvalue weighted by Gasteiger charge is 2.34. The number of hydrogen-bond acceptors (Lipinski definition) is 3. The fourth-order valence-corrected chi connectivity index (χ4v) is 3.64. The van der Waals surface area contributed by atoms with Crippen LogP contribution >= 0.6 is 0 Å². The van der Waals surface area contributed by atoms with Crippen molar-refractivity contribution >= 4 is 22.6 Å². The number of carbonyl (C=O) groups excluding carboxylic acids is 2. The number of imidazole rings is 1. The van der Waals surface area contributed by atoms with Gasteiger partial charge in [0.2, 0.25) is 0 Å². The van der Waals surface area contributed by atoms with E-state index >= 15 is 0 Å². The van der Waals surface area contributed by atoms with Crippen LogP contribution in [-0.4, -0.2) is 33.2 Å². The molecule has 1 N–H and O–H groups in total. The number of benzene rings is 3. The van der Waals surface area contributed by atoms with Gasteiger partial charge in [-0.1, -0.05) is 48.5 Å². The minimum atomic E-state index is -0.227. The van der Waals surface area contributed by atoms with Crippen molar-refractivity contribution in [1.82, 2.24) is 14.9 Å². The molecule has 1 aliphatic heterocycles. The maximum Gasteiger partial charge on any atom is 0.261 e. The summed E-state index contributed by atoms with van der Waals surface area (Å²) in [6.07, 6.45) is 2.30. The first kappa shape index (κ1) is 16.4. The van der Waals surface area contributed by atoms with Crippen molar-refractivity contribution in [3.63, 3.8) is 0 Å². The molecule has 0 fully saturated rings. The van der Waals surface area contributed by atoms with Gasteiger partial charge < -0.3 is 4.98 Å². The number of amides is 2. The number of hydrogen-bond donors (Lipinski definition) is 1. The Morgan fingerprint density at radius 3 is 2.25 bits per heavy atom. The number of nitrogens with zero attached hydrogens (tertiary/aromatic N) is 2. The van der Waals surface area contributed by atoms with Crippen molar-refractivity contribution in [3.05, 3.63) is 89.7 Å². The highest BCUT2D eigenvalue weighted by molar-refractivity contribution is 6.21. The molecule has 3 aromatic carbocycles. The summed E-state index contributed by atoms with van der Waals surface area (Å²) in [5, 5.41) is 2.34. The van der Waals surface area contributed by atoms with Crippen LogP contribution in [0.4, 0.5) is 0 Å². The van der Waals surface area contributed by atoms with Crippen LogP contribution in [0.3, 0.4) is 0 Å². The number of aromatic amines is 1. The Morgan fingerprint density at radius 2 is 1.50 bits per heavy atom. The highest BCUT2D eigenvalue weighted by Crippen LogP contribution is 2.24. The molecule has 5 heteroatoms. The highest BCUT2D eigenvalue weighted by atomic mass is 16.2. The summed E-state index contributed by atoms with van der Waals surface area (Å²) in [7, 11) is 0. The van der Waals surface area contributed by atoms with Crippen LogP contribution in [0, 0.1) is 0 Å². The summed E-state index contributed by atoms with van der Waals surface area (Å²) in [6, 6.07) is 21.3. The zero-order valence-electron chi connectivity index (χ0n) is 15.1. The lowest BCUT2D eigenvalue weighted by Gasteiger charge is -2.12. The molecule has 0 saturated heterocycles. The lowest BCUT2D eigenvalue weighted by Crippen LogP contribution is -2.31. The summed E-state index contributed by atoms with van der Waals surface area (Å²) in [4.78, 5) is 34.0. The van der Waals surface area contributed by atoms with E-state index in [1.54, 1.807) is 30.5 Å². The molecule has 5 nitrogen and oxygen atoms in total. The zero-order valence-corrected chi connectivity index (χ0v) is 15.1. The molecular formula is C23H17N3O2. The van der Waals surface area contributed by atoms with Crippen LogP contribution in [0.25, 0.3) is 22.2 Å². The van der Waals surface area contributed by atoms with Gasteiger partial charge in [0.1, 0.15) is 5.82 Å². The van der Waals surface area contributed by atoms with E-state index in [0.29, 0.717) is 24.1 Å². The number of aromatic nitrogens is 2. The Kier molecular flexibility index (Phi) is 3.79. The van der Waals surface area contributed by atoms with Crippen molar-refractivity contribution in [3.8, 4) is 11.4 Å². The average Bonchev–Trinajstić information content (AvgIpc) is 3.30. The van der Waals surface area contributed by atoms with Gasteiger partial charge in [0.25, 0.3) is 11.8 Å². The molecule has 28 heavy (non-hydrogen) atoms. The minimum Gasteiger partial charge on any atom is -0.342 e. The molecule has 1 aliphatic rings. The fraction of sp³-hybridized carbons (Fsp3) is 0.0870. The van der Waals surface area contributed by atoms with Crippen LogP contribution in [0.15, 0.2) is 72.9 Å².